The van der Waals surface area contributed by atoms with Crippen LogP contribution in [0.3, 0.4) is 0 Å². The number of benzene rings is 2. The first-order valence-corrected chi connectivity index (χ1v) is 10.5. The van der Waals surface area contributed by atoms with Gasteiger partial charge in [0.15, 0.2) is 11.5 Å². The van der Waals surface area contributed by atoms with Crippen LogP contribution >= 0.6 is 15.9 Å². The predicted molar refractivity (Wildman–Crippen MR) is 110 cm³/mol. The van der Waals surface area contributed by atoms with Gasteiger partial charge in [-0.05, 0) is 59.5 Å². The second-order valence-corrected chi connectivity index (χ2v) is 7.79. The Labute approximate surface area is 181 Å². The third kappa shape index (κ3) is 6.36. The molecule has 0 aliphatic heterocycles. The normalized spacial score (nSPS) is 14.4. The fourth-order valence-electron chi connectivity index (χ4n) is 3.46. The van der Waals surface area contributed by atoms with Crippen molar-refractivity contribution < 1.29 is 26.3 Å². The third-order valence-electron chi connectivity index (χ3n) is 4.90. The van der Waals surface area contributed by atoms with Crippen molar-refractivity contribution in [1.82, 2.24) is 5.32 Å². The van der Waals surface area contributed by atoms with E-state index in [1.54, 1.807) is 18.2 Å². The van der Waals surface area contributed by atoms with Crippen molar-refractivity contribution in [3.8, 4) is 11.5 Å². The van der Waals surface area contributed by atoms with Crippen LogP contribution in [0.25, 0.3) is 0 Å². The lowest BCUT2D eigenvalue weighted by Gasteiger charge is -2.23. The summed E-state index contributed by atoms with van der Waals surface area (Å²) in [5.74, 6) is 1.03. The average Bonchev–Trinajstić information content (AvgIpc) is 2.68. The smallest absolute Gasteiger partial charge is 0.175 e. The molecular formula is C22H27BrClFNO2-. The van der Waals surface area contributed by atoms with Gasteiger partial charge in [-0.3, -0.25) is 0 Å². The number of halogens is 3. The minimum Gasteiger partial charge on any atom is -1.00 e. The summed E-state index contributed by atoms with van der Waals surface area (Å²) >= 11 is 3.60. The van der Waals surface area contributed by atoms with E-state index in [1.807, 2.05) is 13.0 Å². The van der Waals surface area contributed by atoms with E-state index in [9.17, 15) is 4.39 Å². The highest BCUT2D eigenvalue weighted by atomic mass is 79.9. The van der Waals surface area contributed by atoms with E-state index >= 15 is 0 Å². The maximum atomic E-state index is 13.9. The van der Waals surface area contributed by atoms with Crippen LogP contribution in [0.15, 0.2) is 40.9 Å². The Hall–Kier alpha value is -1.30. The molecule has 1 N–H and O–H groups in total. The number of nitrogens with one attached hydrogen (secondary N) is 1. The molecule has 0 unspecified atom stereocenters. The van der Waals surface area contributed by atoms with Gasteiger partial charge < -0.3 is 27.2 Å². The fraction of sp³-hybridized carbons (Fsp3) is 0.455. The molecule has 0 heterocycles. The molecule has 154 valence electrons. The highest BCUT2D eigenvalue weighted by molar-refractivity contribution is 9.10. The van der Waals surface area contributed by atoms with E-state index in [4.69, 9.17) is 9.47 Å². The van der Waals surface area contributed by atoms with Crippen molar-refractivity contribution in [2.45, 2.75) is 58.2 Å². The van der Waals surface area contributed by atoms with Crippen molar-refractivity contribution in [3.05, 3.63) is 57.8 Å². The van der Waals surface area contributed by atoms with Crippen molar-refractivity contribution in [3.63, 3.8) is 0 Å². The molecule has 6 heteroatoms. The molecule has 1 saturated carbocycles. The van der Waals surface area contributed by atoms with Crippen LogP contribution in [0.4, 0.5) is 4.39 Å². The minimum absolute atomic E-state index is 0. The highest BCUT2D eigenvalue weighted by Crippen LogP contribution is 2.37. The fourth-order valence-corrected chi connectivity index (χ4v) is 4.06. The molecule has 1 aliphatic rings. The summed E-state index contributed by atoms with van der Waals surface area (Å²) in [5.41, 5.74) is 1.67. The summed E-state index contributed by atoms with van der Waals surface area (Å²) in [6.07, 6.45) is 6.49. The van der Waals surface area contributed by atoms with Gasteiger partial charge in [-0.15, -0.1) is 0 Å². The largest absolute Gasteiger partial charge is 1.00 e. The number of hydrogen-bond donors (Lipinski definition) is 1. The molecule has 0 atom stereocenters. The zero-order valence-corrected chi connectivity index (χ0v) is 18.5. The van der Waals surface area contributed by atoms with Gasteiger partial charge in [-0.2, -0.15) is 0 Å². The summed E-state index contributed by atoms with van der Waals surface area (Å²) in [5, 5.41) is 3.65. The molecule has 1 fully saturated rings. The summed E-state index contributed by atoms with van der Waals surface area (Å²) < 4.78 is 26.4. The van der Waals surface area contributed by atoms with Gasteiger partial charge in [0.2, 0.25) is 0 Å². The van der Waals surface area contributed by atoms with E-state index in [0.717, 1.165) is 16.6 Å². The average molecular weight is 472 g/mol. The van der Waals surface area contributed by atoms with Crippen LogP contribution in [0.5, 0.6) is 11.5 Å². The lowest BCUT2D eigenvalue weighted by Crippen LogP contribution is -3.00. The molecule has 0 saturated heterocycles. The number of hydrogen-bond acceptors (Lipinski definition) is 3. The van der Waals surface area contributed by atoms with Gasteiger partial charge in [0.25, 0.3) is 0 Å². The summed E-state index contributed by atoms with van der Waals surface area (Å²) in [4.78, 5) is 0. The number of ether oxygens (including phenoxy) is 2. The Morgan fingerprint density at radius 2 is 1.86 bits per heavy atom. The van der Waals surface area contributed by atoms with Gasteiger partial charge in [0.1, 0.15) is 12.4 Å². The zero-order chi connectivity index (χ0) is 19.1. The SMILES string of the molecule is CCOc1cc(CNC2CCCCC2)cc(Br)c1OCc1ccccc1F.[Cl-]. The van der Waals surface area contributed by atoms with Crippen molar-refractivity contribution in [2.75, 3.05) is 6.61 Å². The van der Waals surface area contributed by atoms with Crippen LogP contribution in [0, 0.1) is 5.82 Å². The van der Waals surface area contributed by atoms with E-state index in [0.29, 0.717) is 29.7 Å². The Morgan fingerprint density at radius 3 is 2.57 bits per heavy atom. The van der Waals surface area contributed by atoms with Crippen molar-refractivity contribution >= 4 is 15.9 Å². The summed E-state index contributed by atoms with van der Waals surface area (Å²) in [6, 6.07) is 11.3. The molecule has 0 amide bonds. The minimum atomic E-state index is -0.264. The van der Waals surface area contributed by atoms with Crippen LogP contribution < -0.4 is 27.2 Å². The van der Waals surface area contributed by atoms with Crippen LogP contribution in [0.2, 0.25) is 0 Å². The first-order valence-electron chi connectivity index (χ1n) is 9.72. The van der Waals surface area contributed by atoms with Crippen LogP contribution in [-0.2, 0) is 13.2 Å². The Balaban J connectivity index is 0.00000280. The first kappa shape index (κ1) is 23.0. The maximum Gasteiger partial charge on any atom is 0.175 e. The summed E-state index contributed by atoms with van der Waals surface area (Å²) in [6.45, 7) is 3.45. The van der Waals surface area contributed by atoms with Gasteiger partial charge in [0, 0.05) is 18.2 Å². The topological polar surface area (TPSA) is 30.5 Å². The molecule has 3 rings (SSSR count). The molecule has 1 aliphatic carbocycles. The Bertz CT molecular complexity index is 753. The molecule has 0 spiro atoms. The quantitative estimate of drug-likeness (QED) is 0.642. The maximum absolute atomic E-state index is 13.9. The number of rotatable bonds is 8. The highest BCUT2D eigenvalue weighted by Gasteiger charge is 2.16. The molecule has 0 bridgehead atoms. The molecule has 2 aromatic carbocycles. The van der Waals surface area contributed by atoms with E-state index in [1.165, 1.54) is 38.2 Å². The molecular weight excluding hydrogens is 445 g/mol. The van der Waals surface area contributed by atoms with E-state index < -0.39 is 0 Å². The first-order chi connectivity index (χ1) is 13.2. The molecule has 3 nitrogen and oxygen atoms in total. The third-order valence-corrected chi connectivity index (χ3v) is 5.49. The van der Waals surface area contributed by atoms with Gasteiger partial charge in [-0.25, -0.2) is 4.39 Å². The monoisotopic (exact) mass is 470 g/mol. The summed E-state index contributed by atoms with van der Waals surface area (Å²) in [7, 11) is 0. The van der Waals surface area contributed by atoms with Crippen LogP contribution in [0.1, 0.15) is 50.2 Å². The van der Waals surface area contributed by atoms with Crippen molar-refractivity contribution in [2.24, 2.45) is 0 Å². The second-order valence-electron chi connectivity index (χ2n) is 6.93. The molecule has 0 aromatic heterocycles. The van der Waals surface area contributed by atoms with E-state index in [2.05, 4.69) is 27.3 Å². The van der Waals surface area contributed by atoms with E-state index in [-0.39, 0.29) is 24.8 Å². The van der Waals surface area contributed by atoms with Gasteiger partial charge >= 0.3 is 0 Å². The molecule has 0 radical (unpaired) electrons. The predicted octanol–water partition coefficient (Wildman–Crippen LogP) is 2.99. The standard InChI is InChI=1S/C22H27BrFNO2.ClH/c1-2-26-21-13-16(14-25-18-9-4-3-5-10-18)12-19(23)22(21)27-15-17-8-6-7-11-20(17)24;/h6-8,11-13,18,25H,2-5,9-10,14-15H2,1H3;1H/p-1. The van der Waals surface area contributed by atoms with Crippen LogP contribution in [-0.4, -0.2) is 12.6 Å². The second kappa shape index (κ2) is 11.6. The van der Waals surface area contributed by atoms with Gasteiger partial charge in [0.05, 0.1) is 11.1 Å². The van der Waals surface area contributed by atoms with Gasteiger partial charge in [-0.1, -0.05) is 37.5 Å². The molecule has 2 aromatic rings. The Kier molecular flexibility index (Phi) is 9.56. The lowest BCUT2D eigenvalue weighted by atomic mass is 9.95. The molecule has 28 heavy (non-hydrogen) atoms. The van der Waals surface area contributed by atoms with Crippen molar-refractivity contribution in [1.29, 1.82) is 0 Å². The lowest BCUT2D eigenvalue weighted by molar-refractivity contribution is -0.00000690. The zero-order valence-electron chi connectivity index (χ0n) is 16.1. The Morgan fingerprint density at radius 1 is 1.11 bits per heavy atom.